The normalized spacial score (nSPS) is 13.6. The Morgan fingerprint density at radius 2 is 1.20 bits per heavy atom. The number of hydrogen-bond acceptors (Lipinski definition) is 6. The number of aromatic nitrogens is 2. The molecule has 0 bridgehead atoms. The van der Waals surface area contributed by atoms with Crippen molar-refractivity contribution in [3.8, 4) is 11.6 Å². The predicted octanol–water partition coefficient (Wildman–Crippen LogP) is 9.48. The maximum Gasteiger partial charge on any atom is 0.282 e. The first-order chi connectivity index (χ1) is 24.4. The molecule has 0 saturated heterocycles. The number of amides is 3. The van der Waals surface area contributed by atoms with Crippen LogP contribution in [0, 0.1) is 0 Å². The highest BCUT2D eigenvalue weighted by Crippen LogP contribution is 2.40. The smallest absolute Gasteiger partial charge is 0.282 e. The van der Waals surface area contributed by atoms with Gasteiger partial charge in [0.05, 0.1) is 31.2 Å². The molecule has 0 spiro atoms. The van der Waals surface area contributed by atoms with E-state index in [1.807, 2.05) is 0 Å². The fourth-order valence-electron chi connectivity index (χ4n) is 4.88. The van der Waals surface area contributed by atoms with E-state index in [0.29, 0.717) is 11.1 Å². The van der Waals surface area contributed by atoms with Gasteiger partial charge in [0, 0.05) is 21.2 Å². The molecule has 1 aliphatic heterocycles. The summed E-state index contributed by atoms with van der Waals surface area (Å²) in [5.41, 5.74) is 0.675. The summed E-state index contributed by atoms with van der Waals surface area (Å²) in [5.74, 6) is -2.45. The number of nitrogens with zero attached hydrogens (tertiary/aromatic N) is 4. The van der Waals surface area contributed by atoms with E-state index in [4.69, 9.17) is 69.6 Å². The molecule has 256 valence electrons. The number of hydrogen-bond donors (Lipinski definition) is 3. The summed E-state index contributed by atoms with van der Waals surface area (Å²) >= 11 is 37.9. The summed E-state index contributed by atoms with van der Waals surface area (Å²) in [4.78, 5) is 40.1. The Morgan fingerprint density at radius 3 is 1.73 bits per heavy atom. The molecule has 1 aliphatic rings. The van der Waals surface area contributed by atoms with E-state index in [0.717, 1.165) is 9.69 Å². The molecular formula is C35H20Cl6N6O4. The molecule has 16 heteroatoms. The molecule has 0 unspecified atom stereocenters. The van der Waals surface area contributed by atoms with Crippen molar-refractivity contribution in [1.29, 1.82) is 0 Å². The lowest BCUT2D eigenvalue weighted by molar-refractivity contribution is -0.114. The first-order valence-corrected chi connectivity index (χ1v) is 16.9. The Bertz CT molecular complexity index is 2260. The van der Waals surface area contributed by atoms with E-state index in [2.05, 4.69) is 20.8 Å². The third kappa shape index (κ3) is 7.62. The molecule has 0 saturated carbocycles. The number of hydrazone groups is 1. The molecule has 2 heterocycles. The molecule has 4 aromatic carbocycles. The second kappa shape index (κ2) is 15.2. The van der Waals surface area contributed by atoms with Crippen molar-refractivity contribution in [1.82, 2.24) is 15.1 Å². The van der Waals surface area contributed by atoms with Gasteiger partial charge in [0.25, 0.3) is 17.7 Å². The molecule has 10 nitrogen and oxygen atoms in total. The molecule has 0 radical (unpaired) electrons. The number of carbonyl (C=O) groups is 3. The lowest BCUT2D eigenvalue weighted by atomic mass is 10.1. The minimum Gasteiger partial charge on any atom is -0.493 e. The highest BCUT2D eigenvalue weighted by atomic mass is 35.5. The summed E-state index contributed by atoms with van der Waals surface area (Å²) in [6.07, 6.45) is 4.10. The van der Waals surface area contributed by atoms with Gasteiger partial charge < -0.3 is 15.7 Å². The fourth-order valence-corrected chi connectivity index (χ4v) is 6.84. The Labute approximate surface area is 320 Å². The third-order valence-corrected chi connectivity index (χ3v) is 8.81. The number of benzene rings is 4. The monoisotopic (exact) mass is 798 g/mol. The average molecular weight is 801 g/mol. The molecule has 1 aromatic heterocycles. The maximum absolute atomic E-state index is 13.8. The summed E-state index contributed by atoms with van der Waals surface area (Å²) in [7, 11) is 0. The number of aromatic hydroxyl groups is 1. The highest BCUT2D eigenvalue weighted by Gasteiger charge is 2.35. The van der Waals surface area contributed by atoms with Crippen LogP contribution in [0.15, 0.2) is 108 Å². The van der Waals surface area contributed by atoms with Crippen LogP contribution in [0.25, 0.3) is 11.8 Å². The van der Waals surface area contributed by atoms with Crippen molar-refractivity contribution in [2.45, 2.75) is 0 Å². The highest BCUT2D eigenvalue weighted by molar-refractivity contribution is 6.44. The Balaban J connectivity index is 1.42. The van der Waals surface area contributed by atoms with Gasteiger partial charge in [-0.3, -0.25) is 14.4 Å². The second-order valence-corrected chi connectivity index (χ2v) is 13.1. The molecule has 51 heavy (non-hydrogen) atoms. The number of anilines is 2. The second-order valence-electron chi connectivity index (χ2n) is 10.6. The first-order valence-electron chi connectivity index (χ1n) is 14.6. The SMILES string of the molecule is O=C(NC1=NN(c2c(Cl)cc(Cl)cc2Cl)C(=O)/C1=C\C=C\c1c(NC(=O)c2ccccc2)nn(-c2c(Cl)cc(Cl)cc2Cl)c1O)c1ccccc1. The van der Waals surface area contributed by atoms with Crippen LogP contribution in [0.1, 0.15) is 26.3 Å². The Kier molecular flexibility index (Phi) is 10.7. The lowest BCUT2D eigenvalue weighted by Crippen LogP contribution is -2.31. The van der Waals surface area contributed by atoms with Crippen LogP contribution in [0.3, 0.4) is 0 Å². The molecule has 5 aromatic rings. The zero-order valence-corrected chi connectivity index (χ0v) is 30.1. The van der Waals surface area contributed by atoms with Crippen LogP contribution in [0.4, 0.5) is 11.5 Å². The van der Waals surface area contributed by atoms with E-state index in [9.17, 15) is 19.5 Å². The van der Waals surface area contributed by atoms with Crippen LogP contribution in [-0.2, 0) is 4.79 Å². The quantitative estimate of drug-likeness (QED) is 0.141. The van der Waals surface area contributed by atoms with Crippen LogP contribution in [0.2, 0.25) is 30.1 Å². The molecule has 0 fully saturated rings. The Morgan fingerprint density at radius 1 is 0.706 bits per heavy atom. The standard InChI is InChI=1S/C35H20Cl6N6O4/c36-20-14-24(38)28(25(39)15-20)46-34(50)22(30(44-46)42-32(48)18-8-3-1-4-9-18)12-7-13-23-31(43-33(49)19-10-5-2-6-11-19)45-47(35(23)51)29-26(40)16-21(37)17-27(29)41/h1-17,50H,(H,42,44,48)(H,43,45,49)/b12-7+,23-13-. The Hall–Kier alpha value is -4.81. The largest absolute Gasteiger partial charge is 0.493 e. The van der Waals surface area contributed by atoms with Crippen molar-refractivity contribution in [2.75, 3.05) is 10.3 Å². The summed E-state index contributed by atoms with van der Waals surface area (Å²) in [5, 5.41) is 27.1. The van der Waals surface area contributed by atoms with Crippen LogP contribution in [0.5, 0.6) is 5.88 Å². The predicted molar refractivity (Wildman–Crippen MR) is 202 cm³/mol. The topological polar surface area (TPSA) is 129 Å². The summed E-state index contributed by atoms with van der Waals surface area (Å²) < 4.78 is 1.04. The van der Waals surface area contributed by atoms with Gasteiger partial charge in [-0.05, 0) is 60.7 Å². The van der Waals surface area contributed by atoms with E-state index in [-0.39, 0.29) is 64.3 Å². The van der Waals surface area contributed by atoms with Crippen LogP contribution < -0.4 is 15.6 Å². The zero-order valence-electron chi connectivity index (χ0n) is 25.5. The molecule has 3 N–H and O–H groups in total. The molecule has 0 aliphatic carbocycles. The van der Waals surface area contributed by atoms with Crippen molar-refractivity contribution in [3.05, 3.63) is 149 Å². The maximum atomic E-state index is 13.8. The van der Waals surface area contributed by atoms with Gasteiger partial charge in [-0.2, -0.15) is 9.69 Å². The van der Waals surface area contributed by atoms with Gasteiger partial charge >= 0.3 is 0 Å². The van der Waals surface area contributed by atoms with Gasteiger partial charge in [-0.25, -0.2) is 0 Å². The van der Waals surface area contributed by atoms with Gasteiger partial charge in [-0.1, -0.05) is 112 Å². The number of rotatable bonds is 7. The van der Waals surface area contributed by atoms with Crippen LogP contribution in [-0.4, -0.2) is 38.4 Å². The molecule has 3 amide bonds. The minimum atomic E-state index is -0.702. The first kappa shape index (κ1) is 36.0. The average Bonchev–Trinajstić information content (AvgIpc) is 3.55. The molecule has 0 atom stereocenters. The van der Waals surface area contributed by atoms with Crippen molar-refractivity contribution in [2.24, 2.45) is 5.10 Å². The van der Waals surface area contributed by atoms with Gasteiger partial charge in [0.1, 0.15) is 11.4 Å². The summed E-state index contributed by atoms with van der Waals surface area (Å²) in [6.45, 7) is 0. The van der Waals surface area contributed by atoms with Crippen molar-refractivity contribution in [3.63, 3.8) is 0 Å². The number of allylic oxidation sites excluding steroid dienone is 2. The number of carbonyl (C=O) groups excluding carboxylic acids is 3. The van der Waals surface area contributed by atoms with E-state index < -0.39 is 23.6 Å². The molecule has 6 rings (SSSR count). The zero-order chi connectivity index (χ0) is 36.4. The summed E-state index contributed by atoms with van der Waals surface area (Å²) in [6, 6.07) is 22.2. The van der Waals surface area contributed by atoms with Crippen LogP contribution >= 0.6 is 69.6 Å². The van der Waals surface area contributed by atoms with E-state index in [1.165, 1.54) is 42.5 Å². The number of nitrogens with one attached hydrogen (secondary N) is 2. The third-order valence-electron chi connectivity index (χ3n) is 7.22. The van der Waals surface area contributed by atoms with E-state index in [1.54, 1.807) is 60.7 Å². The van der Waals surface area contributed by atoms with Gasteiger partial charge in [0.2, 0.25) is 5.88 Å². The van der Waals surface area contributed by atoms with Crippen molar-refractivity contribution >= 4 is 111 Å². The minimum absolute atomic E-state index is 0.0103. The van der Waals surface area contributed by atoms with Gasteiger partial charge in [-0.15, -0.1) is 10.2 Å². The fraction of sp³-hybridized carbons (Fsp3) is 0. The van der Waals surface area contributed by atoms with Crippen molar-refractivity contribution < 1.29 is 19.5 Å². The molecular weight excluding hydrogens is 781 g/mol. The van der Waals surface area contributed by atoms with Gasteiger partial charge in [0.15, 0.2) is 11.7 Å². The number of halogens is 6. The number of amidine groups is 1. The lowest BCUT2D eigenvalue weighted by Gasteiger charge is -2.15. The van der Waals surface area contributed by atoms with E-state index >= 15 is 0 Å².